The maximum atomic E-state index is 13.3. The number of phenols is 1. The predicted octanol–water partition coefficient (Wildman–Crippen LogP) is 6.40. The van der Waals surface area contributed by atoms with Crippen LogP contribution >= 0.6 is 0 Å². The Morgan fingerprint density at radius 3 is 2.26 bits per heavy atom. The van der Waals surface area contributed by atoms with Gasteiger partial charge in [0.15, 0.2) is 0 Å². The Labute approximate surface area is 228 Å². The van der Waals surface area contributed by atoms with E-state index in [1.807, 2.05) is 11.0 Å². The zero-order valence-electron chi connectivity index (χ0n) is 23.1. The highest BCUT2D eigenvalue weighted by Gasteiger charge is 2.30. The van der Waals surface area contributed by atoms with Crippen LogP contribution in [0.4, 0.5) is 0 Å². The topological polar surface area (TPSA) is 78.9 Å². The Balaban J connectivity index is 1.29. The number of benzene rings is 2. The highest BCUT2D eigenvalue weighted by molar-refractivity contribution is 5.94. The fourth-order valence-corrected chi connectivity index (χ4v) is 5.01. The van der Waals surface area contributed by atoms with Gasteiger partial charge in [-0.3, -0.25) is 9.59 Å². The van der Waals surface area contributed by atoms with Gasteiger partial charge in [-0.25, -0.2) is 0 Å². The van der Waals surface area contributed by atoms with Crippen molar-refractivity contribution in [2.24, 2.45) is 0 Å². The van der Waals surface area contributed by atoms with Crippen LogP contribution in [-0.2, 0) is 22.5 Å². The third-order valence-electron chi connectivity index (χ3n) is 7.34. The average molecular weight is 523 g/mol. The van der Waals surface area contributed by atoms with Crippen LogP contribution in [0.2, 0.25) is 0 Å². The Morgan fingerprint density at radius 2 is 1.55 bits per heavy atom. The van der Waals surface area contributed by atoms with Crippen LogP contribution < -0.4 is 5.32 Å². The molecule has 6 heteroatoms. The summed E-state index contributed by atoms with van der Waals surface area (Å²) in [5.74, 6) is 0.335. The number of unbranched alkanes of at least 4 members (excludes halogenated alkanes) is 8. The second-order valence-corrected chi connectivity index (χ2v) is 10.5. The molecule has 0 aliphatic carbocycles. The monoisotopic (exact) mass is 522 g/mol. The summed E-state index contributed by atoms with van der Waals surface area (Å²) in [4.78, 5) is 26.9. The molecule has 0 spiro atoms. The van der Waals surface area contributed by atoms with E-state index in [9.17, 15) is 14.7 Å². The third kappa shape index (κ3) is 10.1. The smallest absolute Gasteiger partial charge is 0.254 e. The van der Waals surface area contributed by atoms with Crippen molar-refractivity contribution in [3.05, 3.63) is 65.2 Å². The second kappa shape index (κ2) is 16.9. The molecular formula is C32H46N2O4. The van der Waals surface area contributed by atoms with Crippen molar-refractivity contribution in [2.45, 2.75) is 96.6 Å². The minimum atomic E-state index is -0.0229. The molecule has 2 aromatic carbocycles. The summed E-state index contributed by atoms with van der Waals surface area (Å²) in [7, 11) is 0. The molecule has 0 aromatic heterocycles. The van der Waals surface area contributed by atoms with Crippen LogP contribution in [-0.4, -0.2) is 47.6 Å². The summed E-state index contributed by atoms with van der Waals surface area (Å²) >= 11 is 0. The molecule has 208 valence electrons. The van der Waals surface area contributed by atoms with E-state index in [1.54, 1.807) is 24.3 Å². The number of hydrogen-bond donors (Lipinski definition) is 2. The summed E-state index contributed by atoms with van der Waals surface area (Å²) in [6.07, 6.45) is 12.8. The first-order valence-electron chi connectivity index (χ1n) is 14.6. The van der Waals surface area contributed by atoms with E-state index in [1.165, 1.54) is 36.8 Å². The Morgan fingerprint density at radius 1 is 0.895 bits per heavy atom. The number of fused-ring (bicyclic) bond motifs is 1. The Kier molecular flexibility index (Phi) is 13.2. The number of hydrogen-bond acceptors (Lipinski definition) is 4. The standard InChI is InChI=1S/C32H46N2O4/c1-2-3-21-33-31(36)16-10-8-6-4-5-7-9-13-22-38-25-29-23-27-14-11-12-15-28(27)24-34(29)32(37)26-17-19-30(35)20-18-26/h11-12,14-15,17-20,29,35H,2-10,13,16,21-25H2,1H3,(H,33,36)/t29-/m0/s1. The fourth-order valence-electron chi connectivity index (χ4n) is 5.01. The number of carbonyl (C=O) groups is 2. The number of nitrogens with zero attached hydrogens (tertiary/aromatic N) is 1. The predicted molar refractivity (Wildman–Crippen MR) is 152 cm³/mol. The molecule has 0 radical (unpaired) electrons. The van der Waals surface area contributed by atoms with Gasteiger partial charge in [-0.2, -0.15) is 0 Å². The number of rotatable bonds is 17. The van der Waals surface area contributed by atoms with Crippen molar-refractivity contribution in [1.82, 2.24) is 10.2 Å². The van der Waals surface area contributed by atoms with Crippen LogP contribution in [0.15, 0.2) is 48.5 Å². The van der Waals surface area contributed by atoms with Gasteiger partial charge in [0, 0.05) is 31.7 Å². The molecule has 1 aliphatic heterocycles. The summed E-state index contributed by atoms with van der Waals surface area (Å²) in [5.41, 5.74) is 3.06. The molecule has 1 heterocycles. The van der Waals surface area contributed by atoms with Gasteiger partial charge >= 0.3 is 0 Å². The number of ether oxygens (including phenoxy) is 1. The van der Waals surface area contributed by atoms with Gasteiger partial charge in [-0.15, -0.1) is 0 Å². The molecule has 0 bridgehead atoms. The Hall–Kier alpha value is -2.86. The van der Waals surface area contributed by atoms with E-state index in [0.29, 0.717) is 31.7 Å². The Bertz CT molecular complexity index is 976. The van der Waals surface area contributed by atoms with Crippen molar-refractivity contribution in [3.8, 4) is 5.75 Å². The third-order valence-corrected chi connectivity index (χ3v) is 7.34. The first kappa shape index (κ1) is 29.7. The van der Waals surface area contributed by atoms with Crippen LogP contribution in [0.1, 0.15) is 99.0 Å². The summed E-state index contributed by atoms with van der Waals surface area (Å²) < 4.78 is 6.07. The average Bonchev–Trinajstić information content (AvgIpc) is 2.93. The molecule has 2 amide bonds. The van der Waals surface area contributed by atoms with Gasteiger partial charge in [-0.1, -0.05) is 76.1 Å². The second-order valence-electron chi connectivity index (χ2n) is 10.5. The van der Waals surface area contributed by atoms with Crippen LogP contribution in [0, 0.1) is 0 Å². The van der Waals surface area contributed by atoms with Crippen LogP contribution in [0.25, 0.3) is 0 Å². The molecule has 0 saturated carbocycles. The van der Waals surface area contributed by atoms with Gasteiger partial charge in [0.25, 0.3) is 5.91 Å². The molecule has 6 nitrogen and oxygen atoms in total. The summed E-state index contributed by atoms with van der Waals surface area (Å²) in [5, 5.41) is 12.6. The number of aromatic hydroxyl groups is 1. The van der Waals surface area contributed by atoms with Crippen LogP contribution in [0.5, 0.6) is 5.75 Å². The largest absolute Gasteiger partial charge is 0.508 e. The normalized spacial score (nSPS) is 14.8. The quantitative estimate of drug-likeness (QED) is 0.236. The van der Waals surface area contributed by atoms with Crippen molar-refractivity contribution in [2.75, 3.05) is 19.8 Å². The molecule has 3 rings (SSSR count). The molecule has 38 heavy (non-hydrogen) atoms. The zero-order valence-corrected chi connectivity index (χ0v) is 23.1. The maximum absolute atomic E-state index is 13.3. The number of nitrogens with one attached hydrogen (secondary N) is 1. The fraction of sp³-hybridized carbons (Fsp3) is 0.562. The van der Waals surface area contributed by atoms with Crippen molar-refractivity contribution < 1.29 is 19.4 Å². The molecule has 0 fully saturated rings. The van der Waals surface area contributed by atoms with Crippen molar-refractivity contribution >= 4 is 11.8 Å². The molecule has 0 unspecified atom stereocenters. The maximum Gasteiger partial charge on any atom is 0.254 e. The SMILES string of the molecule is CCCCNC(=O)CCCCCCCCCCOC[C@@H]1Cc2ccccc2CN1C(=O)c1ccc(O)cc1. The first-order chi connectivity index (χ1) is 18.6. The highest BCUT2D eigenvalue weighted by atomic mass is 16.5. The first-order valence-corrected chi connectivity index (χ1v) is 14.6. The lowest BCUT2D eigenvalue weighted by atomic mass is 9.93. The van der Waals surface area contributed by atoms with E-state index in [-0.39, 0.29) is 23.6 Å². The van der Waals surface area contributed by atoms with Gasteiger partial charge in [-0.05, 0) is 61.1 Å². The number of carbonyl (C=O) groups excluding carboxylic acids is 2. The van der Waals surface area contributed by atoms with E-state index < -0.39 is 0 Å². The molecule has 2 N–H and O–H groups in total. The van der Waals surface area contributed by atoms with Gasteiger partial charge in [0.05, 0.1) is 12.6 Å². The molecule has 1 atom stereocenters. The van der Waals surface area contributed by atoms with E-state index in [2.05, 4.69) is 30.4 Å². The van der Waals surface area contributed by atoms with Crippen molar-refractivity contribution in [3.63, 3.8) is 0 Å². The molecule has 1 aliphatic rings. The lowest BCUT2D eigenvalue weighted by Gasteiger charge is -2.37. The lowest BCUT2D eigenvalue weighted by molar-refractivity contribution is -0.121. The molecule has 0 saturated heterocycles. The van der Waals surface area contributed by atoms with Gasteiger partial charge in [0.1, 0.15) is 5.75 Å². The highest BCUT2D eigenvalue weighted by Crippen LogP contribution is 2.26. The summed E-state index contributed by atoms with van der Waals surface area (Å²) in [6.45, 7) is 4.77. The van der Waals surface area contributed by atoms with Crippen LogP contribution in [0.3, 0.4) is 0 Å². The van der Waals surface area contributed by atoms with E-state index in [0.717, 1.165) is 51.5 Å². The zero-order chi connectivity index (χ0) is 27.0. The minimum absolute atomic E-state index is 0.0000653. The van der Waals surface area contributed by atoms with E-state index >= 15 is 0 Å². The van der Waals surface area contributed by atoms with Gasteiger partial charge < -0.3 is 20.1 Å². The summed E-state index contributed by atoms with van der Waals surface area (Å²) in [6, 6.07) is 14.8. The van der Waals surface area contributed by atoms with Crippen molar-refractivity contribution in [1.29, 1.82) is 0 Å². The number of amides is 2. The molecule has 2 aromatic rings. The lowest BCUT2D eigenvalue weighted by Crippen LogP contribution is -2.46. The molecular weight excluding hydrogens is 476 g/mol. The number of phenolic OH excluding ortho intramolecular Hbond substituents is 1. The van der Waals surface area contributed by atoms with Gasteiger partial charge in [0.2, 0.25) is 5.91 Å². The van der Waals surface area contributed by atoms with E-state index in [4.69, 9.17) is 4.74 Å². The minimum Gasteiger partial charge on any atom is -0.508 e.